The van der Waals surface area contributed by atoms with Crippen LogP contribution in [-0.4, -0.2) is 54.7 Å². The molecule has 7 heteroatoms. The number of nitrogens with zero attached hydrogens (tertiary/aromatic N) is 3. The minimum Gasteiger partial charge on any atom is -0.340 e. The Hall–Kier alpha value is -2.25. The lowest BCUT2D eigenvalue weighted by molar-refractivity contribution is -0.141. The summed E-state index contributed by atoms with van der Waals surface area (Å²) in [5.74, 6) is 0.0600. The van der Waals surface area contributed by atoms with Gasteiger partial charge in [0.15, 0.2) is 0 Å². The second-order valence-corrected chi connectivity index (χ2v) is 9.37. The van der Waals surface area contributed by atoms with Crippen molar-refractivity contribution in [2.45, 2.75) is 25.2 Å². The van der Waals surface area contributed by atoms with E-state index in [4.69, 9.17) is 0 Å². The van der Waals surface area contributed by atoms with Gasteiger partial charge in [-0.1, -0.05) is 44.2 Å². The van der Waals surface area contributed by atoms with E-state index in [1.807, 2.05) is 44.2 Å². The molecule has 3 rings (SSSR count). The van der Waals surface area contributed by atoms with E-state index in [2.05, 4.69) is 4.98 Å². The zero-order valence-electron chi connectivity index (χ0n) is 15.7. The van der Waals surface area contributed by atoms with Crippen LogP contribution >= 0.6 is 0 Å². The van der Waals surface area contributed by atoms with Crippen molar-refractivity contribution < 1.29 is 13.2 Å². The largest absolute Gasteiger partial charge is 0.340 e. The number of hydrogen-bond donors (Lipinski definition) is 0. The van der Waals surface area contributed by atoms with Crippen LogP contribution in [0.4, 0.5) is 0 Å². The van der Waals surface area contributed by atoms with Crippen molar-refractivity contribution in [2.24, 2.45) is 5.41 Å². The Morgan fingerprint density at radius 3 is 2.30 bits per heavy atom. The molecule has 0 atom stereocenters. The van der Waals surface area contributed by atoms with Crippen LogP contribution in [-0.2, 0) is 21.2 Å². The number of rotatable bonds is 5. The molecule has 0 spiro atoms. The van der Waals surface area contributed by atoms with E-state index in [0.717, 1.165) is 5.56 Å². The van der Waals surface area contributed by atoms with Crippen LogP contribution in [0.25, 0.3) is 0 Å². The maximum absolute atomic E-state index is 13.0. The molecule has 2 aromatic rings. The molecule has 0 bridgehead atoms. The van der Waals surface area contributed by atoms with Crippen molar-refractivity contribution in [2.75, 3.05) is 26.2 Å². The fourth-order valence-electron chi connectivity index (χ4n) is 3.39. The highest BCUT2D eigenvalue weighted by molar-refractivity contribution is 7.89. The van der Waals surface area contributed by atoms with Crippen LogP contribution in [0.5, 0.6) is 0 Å². The van der Waals surface area contributed by atoms with Gasteiger partial charge in [-0.25, -0.2) is 8.42 Å². The van der Waals surface area contributed by atoms with E-state index in [-0.39, 0.29) is 10.8 Å². The fourth-order valence-corrected chi connectivity index (χ4v) is 4.78. The topological polar surface area (TPSA) is 70.6 Å². The van der Waals surface area contributed by atoms with E-state index >= 15 is 0 Å². The second kappa shape index (κ2) is 7.78. The van der Waals surface area contributed by atoms with Crippen LogP contribution in [0.2, 0.25) is 0 Å². The molecule has 0 saturated carbocycles. The van der Waals surface area contributed by atoms with Crippen LogP contribution in [0, 0.1) is 5.41 Å². The quantitative estimate of drug-likeness (QED) is 0.788. The number of pyridine rings is 1. The number of piperazine rings is 1. The molecular formula is C20H25N3O3S. The van der Waals surface area contributed by atoms with E-state index in [1.54, 1.807) is 23.2 Å². The summed E-state index contributed by atoms with van der Waals surface area (Å²) in [5, 5.41) is 0. The number of aromatic nitrogens is 1. The zero-order chi connectivity index (χ0) is 19.5. The van der Waals surface area contributed by atoms with Crippen LogP contribution in [0.1, 0.15) is 19.4 Å². The maximum Gasteiger partial charge on any atom is 0.244 e. The summed E-state index contributed by atoms with van der Waals surface area (Å²) in [6.07, 6.45) is 3.56. The maximum atomic E-state index is 13.0. The zero-order valence-corrected chi connectivity index (χ0v) is 16.5. The summed E-state index contributed by atoms with van der Waals surface area (Å²) in [6, 6.07) is 13.1. The smallest absolute Gasteiger partial charge is 0.244 e. The normalized spacial score (nSPS) is 16.3. The number of hydrogen-bond acceptors (Lipinski definition) is 4. The predicted octanol–water partition coefficient (Wildman–Crippen LogP) is 2.18. The third-order valence-electron chi connectivity index (χ3n) is 4.87. The Morgan fingerprint density at radius 1 is 1.04 bits per heavy atom. The van der Waals surface area contributed by atoms with E-state index in [9.17, 15) is 13.2 Å². The second-order valence-electron chi connectivity index (χ2n) is 7.43. The van der Waals surface area contributed by atoms with Crippen molar-refractivity contribution in [1.29, 1.82) is 0 Å². The first-order valence-electron chi connectivity index (χ1n) is 9.04. The van der Waals surface area contributed by atoms with Gasteiger partial charge < -0.3 is 4.90 Å². The molecule has 27 heavy (non-hydrogen) atoms. The number of amides is 1. The van der Waals surface area contributed by atoms with Gasteiger partial charge in [-0.3, -0.25) is 9.78 Å². The molecule has 1 aliphatic heterocycles. The summed E-state index contributed by atoms with van der Waals surface area (Å²) in [4.78, 5) is 18.9. The van der Waals surface area contributed by atoms with Crippen molar-refractivity contribution in [3.05, 3.63) is 60.4 Å². The lowest BCUT2D eigenvalue weighted by Gasteiger charge is -2.38. The Bertz CT molecular complexity index is 875. The molecule has 1 saturated heterocycles. The van der Waals surface area contributed by atoms with Crippen LogP contribution in [0.15, 0.2) is 59.8 Å². The monoisotopic (exact) mass is 387 g/mol. The van der Waals surface area contributed by atoms with Gasteiger partial charge in [0.1, 0.15) is 4.90 Å². The SMILES string of the molecule is CC(C)(Cc1ccccc1)C(=O)N1CCN(S(=O)(=O)c2cccnc2)CC1. The third kappa shape index (κ3) is 4.36. The standard InChI is InChI=1S/C20H25N3O3S/c1-20(2,15-17-7-4-3-5-8-17)19(24)22-11-13-23(14-12-22)27(25,26)18-9-6-10-21-16-18/h3-10,16H,11-15H2,1-2H3. The highest BCUT2D eigenvalue weighted by Gasteiger charge is 2.36. The highest BCUT2D eigenvalue weighted by Crippen LogP contribution is 2.26. The Morgan fingerprint density at radius 2 is 1.70 bits per heavy atom. The molecule has 0 aliphatic carbocycles. The average Bonchev–Trinajstić information content (AvgIpc) is 2.68. The highest BCUT2D eigenvalue weighted by atomic mass is 32.2. The van der Waals surface area contributed by atoms with Gasteiger partial charge in [-0.15, -0.1) is 0 Å². The van der Waals surface area contributed by atoms with Gasteiger partial charge >= 0.3 is 0 Å². The predicted molar refractivity (Wildman–Crippen MR) is 104 cm³/mol. The molecule has 1 aliphatic rings. The van der Waals surface area contributed by atoms with Gasteiger partial charge in [0.05, 0.1) is 0 Å². The molecule has 0 unspecified atom stereocenters. The van der Waals surface area contributed by atoms with E-state index in [1.165, 1.54) is 10.5 Å². The van der Waals surface area contributed by atoms with Gasteiger partial charge in [0.25, 0.3) is 0 Å². The summed E-state index contributed by atoms with van der Waals surface area (Å²) in [5.41, 5.74) is 0.583. The molecule has 2 heterocycles. The van der Waals surface area contributed by atoms with Crippen molar-refractivity contribution in [3.8, 4) is 0 Å². The average molecular weight is 388 g/mol. The first-order valence-corrected chi connectivity index (χ1v) is 10.5. The Kier molecular flexibility index (Phi) is 5.62. The number of benzene rings is 1. The lowest BCUT2D eigenvalue weighted by Crippen LogP contribution is -2.53. The molecule has 1 aromatic heterocycles. The summed E-state index contributed by atoms with van der Waals surface area (Å²) in [7, 11) is -3.56. The number of sulfonamides is 1. The third-order valence-corrected chi connectivity index (χ3v) is 6.75. The molecule has 1 amide bonds. The molecule has 6 nitrogen and oxygen atoms in total. The number of carbonyl (C=O) groups excluding carboxylic acids is 1. The van der Waals surface area contributed by atoms with Gasteiger partial charge in [-0.2, -0.15) is 4.31 Å². The van der Waals surface area contributed by atoms with Crippen LogP contribution in [0.3, 0.4) is 0 Å². The van der Waals surface area contributed by atoms with Gasteiger partial charge in [-0.05, 0) is 24.1 Å². The molecule has 144 valence electrons. The molecule has 0 radical (unpaired) electrons. The first-order chi connectivity index (χ1) is 12.8. The summed E-state index contributed by atoms with van der Waals surface area (Å²) >= 11 is 0. The Labute approximate surface area is 160 Å². The van der Waals surface area contributed by atoms with Crippen molar-refractivity contribution >= 4 is 15.9 Å². The fraction of sp³-hybridized carbons (Fsp3) is 0.400. The minimum absolute atomic E-state index is 0.0600. The van der Waals surface area contributed by atoms with E-state index < -0.39 is 15.4 Å². The lowest BCUT2D eigenvalue weighted by atomic mass is 9.84. The Balaban J connectivity index is 1.64. The number of carbonyl (C=O) groups is 1. The van der Waals surface area contributed by atoms with Crippen molar-refractivity contribution in [1.82, 2.24) is 14.2 Å². The van der Waals surface area contributed by atoms with Gasteiger partial charge in [0, 0.05) is 44.0 Å². The molecule has 0 N–H and O–H groups in total. The minimum atomic E-state index is -3.56. The molecular weight excluding hydrogens is 362 g/mol. The summed E-state index contributed by atoms with van der Waals surface area (Å²) < 4.78 is 26.8. The van der Waals surface area contributed by atoms with Gasteiger partial charge in [0.2, 0.25) is 15.9 Å². The molecule has 1 fully saturated rings. The van der Waals surface area contributed by atoms with Crippen molar-refractivity contribution in [3.63, 3.8) is 0 Å². The molecule has 1 aromatic carbocycles. The summed E-state index contributed by atoms with van der Waals surface area (Å²) in [6.45, 7) is 5.28. The van der Waals surface area contributed by atoms with E-state index in [0.29, 0.717) is 32.6 Å². The van der Waals surface area contributed by atoms with Crippen LogP contribution < -0.4 is 0 Å². The first kappa shape index (κ1) is 19.5.